The Kier molecular flexibility index (Phi) is 4.50. The molecular formula is C15H22N6O. The van der Waals surface area contributed by atoms with Gasteiger partial charge in [-0.1, -0.05) is 12.8 Å². The molecule has 1 aliphatic rings. The molecule has 0 bridgehead atoms. The van der Waals surface area contributed by atoms with Crippen LogP contribution in [-0.4, -0.2) is 45.3 Å². The van der Waals surface area contributed by atoms with Crippen LogP contribution in [0, 0.1) is 0 Å². The molecule has 118 valence electrons. The Balaban J connectivity index is 1.83. The molecule has 0 saturated carbocycles. The van der Waals surface area contributed by atoms with Crippen molar-refractivity contribution in [1.29, 1.82) is 0 Å². The highest BCUT2D eigenvalue weighted by Crippen LogP contribution is 2.24. The molecule has 1 amide bonds. The van der Waals surface area contributed by atoms with Crippen molar-refractivity contribution in [2.24, 2.45) is 0 Å². The van der Waals surface area contributed by atoms with Crippen LogP contribution in [0.1, 0.15) is 32.6 Å². The summed E-state index contributed by atoms with van der Waals surface area (Å²) in [5.74, 6) is 0.953. The smallest absolute Gasteiger partial charge is 0.216 e. The van der Waals surface area contributed by atoms with Gasteiger partial charge in [0, 0.05) is 26.6 Å². The van der Waals surface area contributed by atoms with Crippen molar-refractivity contribution in [3.8, 4) is 0 Å². The molecule has 0 aromatic carbocycles. The number of rotatable bonds is 4. The van der Waals surface area contributed by atoms with Crippen LogP contribution < -0.4 is 10.2 Å². The van der Waals surface area contributed by atoms with E-state index in [0.717, 1.165) is 29.9 Å². The van der Waals surface area contributed by atoms with Crippen LogP contribution >= 0.6 is 0 Å². The van der Waals surface area contributed by atoms with E-state index >= 15 is 0 Å². The summed E-state index contributed by atoms with van der Waals surface area (Å²) in [6.45, 7) is 4.77. The third kappa shape index (κ3) is 3.18. The van der Waals surface area contributed by atoms with Gasteiger partial charge in [0.15, 0.2) is 5.65 Å². The first-order valence-electron chi connectivity index (χ1n) is 7.91. The minimum atomic E-state index is -0.0312. The Morgan fingerprint density at radius 1 is 1.23 bits per heavy atom. The summed E-state index contributed by atoms with van der Waals surface area (Å²) < 4.78 is 1.83. The predicted octanol–water partition coefficient (Wildman–Crippen LogP) is 1.34. The highest BCUT2D eigenvalue weighted by Gasteiger charge is 2.16. The number of carbonyl (C=O) groups is 1. The summed E-state index contributed by atoms with van der Waals surface area (Å²) >= 11 is 0. The third-order valence-electron chi connectivity index (χ3n) is 4.02. The van der Waals surface area contributed by atoms with E-state index in [4.69, 9.17) is 0 Å². The second-order valence-electron chi connectivity index (χ2n) is 5.69. The quantitative estimate of drug-likeness (QED) is 0.922. The van der Waals surface area contributed by atoms with E-state index in [-0.39, 0.29) is 5.91 Å². The lowest BCUT2D eigenvalue weighted by Gasteiger charge is -2.21. The van der Waals surface area contributed by atoms with Crippen LogP contribution in [0.3, 0.4) is 0 Å². The van der Waals surface area contributed by atoms with Crippen LogP contribution in [-0.2, 0) is 11.3 Å². The van der Waals surface area contributed by atoms with Gasteiger partial charge in [0.2, 0.25) is 5.91 Å². The molecule has 7 heteroatoms. The van der Waals surface area contributed by atoms with Crippen LogP contribution in [0.5, 0.6) is 0 Å². The van der Waals surface area contributed by atoms with Gasteiger partial charge in [-0.25, -0.2) is 14.6 Å². The van der Waals surface area contributed by atoms with Gasteiger partial charge < -0.3 is 10.2 Å². The van der Waals surface area contributed by atoms with Gasteiger partial charge in [0.05, 0.1) is 18.1 Å². The van der Waals surface area contributed by atoms with Gasteiger partial charge in [-0.2, -0.15) is 5.10 Å². The number of amides is 1. The Morgan fingerprint density at radius 3 is 2.73 bits per heavy atom. The first kappa shape index (κ1) is 14.7. The zero-order valence-electron chi connectivity index (χ0n) is 13.0. The minimum absolute atomic E-state index is 0.0312. The van der Waals surface area contributed by atoms with E-state index in [0.29, 0.717) is 13.1 Å². The molecule has 3 rings (SSSR count). The normalized spacial score (nSPS) is 15.8. The maximum absolute atomic E-state index is 11.0. The first-order chi connectivity index (χ1) is 10.8. The molecule has 3 heterocycles. The Hall–Kier alpha value is -2.18. The largest absolute Gasteiger partial charge is 0.356 e. The van der Waals surface area contributed by atoms with Crippen LogP contribution in [0.4, 0.5) is 5.82 Å². The summed E-state index contributed by atoms with van der Waals surface area (Å²) in [7, 11) is 0. The van der Waals surface area contributed by atoms with E-state index in [1.165, 1.54) is 32.6 Å². The van der Waals surface area contributed by atoms with E-state index < -0.39 is 0 Å². The lowest BCUT2D eigenvalue weighted by molar-refractivity contribution is -0.118. The van der Waals surface area contributed by atoms with Crippen molar-refractivity contribution < 1.29 is 4.79 Å². The van der Waals surface area contributed by atoms with Crippen molar-refractivity contribution in [2.45, 2.75) is 39.2 Å². The Morgan fingerprint density at radius 2 is 2.00 bits per heavy atom. The van der Waals surface area contributed by atoms with Gasteiger partial charge >= 0.3 is 0 Å². The van der Waals surface area contributed by atoms with Crippen molar-refractivity contribution in [2.75, 3.05) is 24.5 Å². The molecule has 0 unspecified atom stereocenters. The number of nitrogens with zero attached hydrogens (tertiary/aromatic N) is 5. The maximum Gasteiger partial charge on any atom is 0.216 e. The first-order valence-corrected chi connectivity index (χ1v) is 7.91. The molecule has 22 heavy (non-hydrogen) atoms. The maximum atomic E-state index is 11.0. The number of fused-ring (bicyclic) bond motifs is 1. The third-order valence-corrected chi connectivity index (χ3v) is 4.02. The van der Waals surface area contributed by atoms with Gasteiger partial charge in [0.1, 0.15) is 12.1 Å². The van der Waals surface area contributed by atoms with Gasteiger partial charge in [0.25, 0.3) is 0 Å². The number of nitrogens with one attached hydrogen (secondary N) is 1. The van der Waals surface area contributed by atoms with Crippen LogP contribution in [0.25, 0.3) is 11.0 Å². The molecule has 1 fully saturated rings. The van der Waals surface area contributed by atoms with Crippen LogP contribution in [0.2, 0.25) is 0 Å². The lowest BCUT2D eigenvalue weighted by atomic mass is 10.2. The monoisotopic (exact) mass is 302 g/mol. The summed E-state index contributed by atoms with van der Waals surface area (Å²) in [6, 6.07) is 0. The zero-order valence-corrected chi connectivity index (χ0v) is 13.0. The standard InChI is InChI=1S/C15H22N6O/c1-12(22)16-6-9-21-15-13(10-19-21)14(17-11-18-15)20-7-4-2-3-5-8-20/h10-11H,2-9H2,1H3,(H,16,22). The topological polar surface area (TPSA) is 75.9 Å². The van der Waals surface area contributed by atoms with Crippen molar-refractivity contribution in [3.63, 3.8) is 0 Å². The number of aromatic nitrogens is 4. The van der Waals surface area contributed by atoms with Crippen LogP contribution in [0.15, 0.2) is 12.5 Å². The second kappa shape index (κ2) is 6.72. The van der Waals surface area contributed by atoms with Gasteiger partial charge in [-0.05, 0) is 12.8 Å². The van der Waals surface area contributed by atoms with E-state index in [9.17, 15) is 4.79 Å². The predicted molar refractivity (Wildman–Crippen MR) is 84.7 cm³/mol. The fraction of sp³-hybridized carbons (Fsp3) is 0.600. The van der Waals surface area contributed by atoms with E-state index in [1.54, 1.807) is 6.33 Å². The molecule has 2 aromatic rings. The zero-order chi connectivity index (χ0) is 15.4. The fourth-order valence-electron chi connectivity index (χ4n) is 2.92. The molecule has 7 nitrogen and oxygen atoms in total. The molecule has 0 atom stereocenters. The molecule has 0 aliphatic carbocycles. The average Bonchev–Trinajstić information content (AvgIpc) is 2.74. The molecule has 1 aliphatic heterocycles. The van der Waals surface area contributed by atoms with Crippen molar-refractivity contribution in [1.82, 2.24) is 25.1 Å². The second-order valence-corrected chi connectivity index (χ2v) is 5.69. The van der Waals surface area contributed by atoms with Gasteiger partial charge in [-0.15, -0.1) is 0 Å². The van der Waals surface area contributed by atoms with E-state index in [2.05, 4.69) is 25.3 Å². The van der Waals surface area contributed by atoms with Crippen molar-refractivity contribution >= 4 is 22.8 Å². The molecule has 0 radical (unpaired) electrons. The van der Waals surface area contributed by atoms with Crippen molar-refractivity contribution in [3.05, 3.63) is 12.5 Å². The number of hydrogen-bond donors (Lipinski definition) is 1. The minimum Gasteiger partial charge on any atom is -0.356 e. The number of hydrogen-bond acceptors (Lipinski definition) is 5. The molecule has 1 N–H and O–H groups in total. The number of carbonyl (C=O) groups excluding carboxylic acids is 1. The lowest BCUT2D eigenvalue weighted by Crippen LogP contribution is -2.25. The van der Waals surface area contributed by atoms with E-state index in [1.807, 2.05) is 10.9 Å². The highest BCUT2D eigenvalue weighted by atomic mass is 16.1. The fourth-order valence-corrected chi connectivity index (χ4v) is 2.92. The SMILES string of the molecule is CC(=O)NCCn1ncc2c(N3CCCCCC3)ncnc21. The molecule has 0 spiro atoms. The Labute approximate surface area is 129 Å². The number of anilines is 1. The molecule has 1 saturated heterocycles. The molecular weight excluding hydrogens is 280 g/mol. The Bertz CT molecular complexity index is 645. The summed E-state index contributed by atoms with van der Waals surface area (Å²) in [6.07, 6.45) is 8.45. The summed E-state index contributed by atoms with van der Waals surface area (Å²) in [5, 5.41) is 8.18. The highest BCUT2D eigenvalue weighted by molar-refractivity contribution is 5.86. The van der Waals surface area contributed by atoms with Gasteiger partial charge in [-0.3, -0.25) is 4.79 Å². The summed E-state index contributed by atoms with van der Waals surface area (Å²) in [5.41, 5.74) is 0.833. The average molecular weight is 302 g/mol. The molecule has 2 aromatic heterocycles. The summed E-state index contributed by atoms with van der Waals surface area (Å²) in [4.78, 5) is 22.2.